The van der Waals surface area contributed by atoms with E-state index in [1.807, 2.05) is 0 Å². The van der Waals surface area contributed by atoms with Crippen LogP contribution in [-0.4, -0.2) is 5.91 Å². The van der Waals surface area contributed by atoms with Crippen LogP contribution in [-0.2, 0) is 16.5 Å². The van der Waals surface area contributed by atoms with Crippen LogP contribution in [0.3, 0.4) is 0 Å². The van der Waals surface area contributed by atoms with Crippen molar-refractivity contribution in [1.82, 2.24) is 0 Å². The summed E-state index contributed by atoms with van der Waals surface area (Å²) in [4.78, 5) is 10.6. The number of carbonyl (C=O) groups excluding carboxylic acids is 1. The normalized spacial score (nSPS) is 9.50. The minimum atomic E-state index is -0.222. The van der Waals surface area contributed by atoms with E-state index in [1.165, 1.54) is 6.92 Å². The summed E-state index contributed by atoms with van der Waals surface area (Å²) < 4.78 is 0. The molecule has 0 saturated heterocycles. The molecule has 0 unspecified atom stereocenters. The number of benzene rings is 1. The van der Waals surface area contributed by atoms with Crippen molar-refractivity contribution in [2.45, 2.75) is 13.5 Å². The van der Waals surface area contributed by atoms with E-state index >= 15 is 0 Å². The lowest BCUT2D eigenvalue weighted by molar-refractivity contribution is -0.114. The van der Waals surface area contributed by atoms with Crippen molar-refractivity contribution in [1.29, 1.82) is 0 Å². The molecule has 1 aromatic carbocycles. The summed E-state index contributed by atoms with van der Waals surface area (Å²) >= 11 is 0. The van der Waals surface area contributed by atoms with Crippen molar-refractivity contribution in [3.05, 3.63) is 29.8 Å². The topological polar surface area (TPSA) is 49.0 Å². The molecule has 1 rings (SSSR count). The third-order valence-electron chi connectivity index (χ3n) is 1.44. The summed E-state index contributed by atoms with van der Waals surface area (Å²) in [5.41, 5.74) is 1.45. The summed E-state index contributed by atoms with van der Waals surface area (Å²) in [7, 11) is 0. The average Bonchev–Trinajstić information content (AvgIpc) is 2.05. The van der Waals surface area contributed by atoms with Gasteiger partial charge in [-0.05, 0) is 17.7 Å². The van der Waals surface area contributed by atoms with Gasteiger partial charge in [0.2, 0.25) is 5.91 Å². The minimum absolute atomic E-state index is 0.107. The van der Waals surface area contributed by atoms with E-state index in [-0.39, 0.29) is 12.5 Å². The first-order valence-corrected chi connectivity index (χ1v) is 3.67. The first kappa shape index (κ1) is 8.74. The standard InChI is InChI=1S/C9H10NO2/c1-7(12)10-9-4-2-8(6-11)3-5-9/h2-5H,6H2,1H3,(H,10,12). The Morgan fingerprint density at radius 3 is 2.33 bits per heavy atom. The van der Waals surface area contributed by atoms with Crippen LogP contribution in [0.15, 0.2) is 24.3 Å². The molecule has 12 heavy (non-hydrogen) atoms. The summed E-state index contributed by atoms with van der Waals surface area (Å²) in [6.45, 7) is 1.22. The molecule has 0 atom stereocenters. The van der Waals surface area contributed by atoms with Gasteiger partial charge in [0, 0.05) is 12.6 Å². The van der Waals surface area contributed by atoms with Gasteiger partial charge >= 0.3 is 0 Å². The Kier molecular flexibility index (Phi) is 2.82. The highest BCUT2D eigenvalue weighted by atomic mass is 16.3. The molecule has 0 heterocycles. The molecule has 0 spiro atoms. The molecule has 0 aliphatic carbocycles. The van der Waals surface area contributed by atoms with E-state index < -0.39 is 0 Å². The van der Waals surface area contributed by atoms with Gasteiger partial charge in [0.25, 0.3) is 0 Å². The molecule has 1 amide bonds. The Bertz CT molecular complexity index is 266. The highest BCUT2D eigenvalue weighted by Gasteiger charge is 1.94. The van der Waals surface area contributed by atoms with Crippen molar-refractivity contribution in [3.8, 4) is 0 Å². The molecule has 1 aromatic rings. The lowest BCUT2D eigenvalue weighted by Crippen LogP contribution is -2.05. The van der Waals surface area contributed by atoms with E-state index in [4.69, 9.17) is 0 Å². The van der Waals surface area contributed by atoms with Crippen molar-refractivity contribution >= 4 is 11.6 Å². The van der Waals surface area contributed by atoms with Crippen LogP contribution >= 0.6 is 0 Å². The minimum Gasteiger partial charge on any atom is -0.326 e. The predicted molar refractivity (Wildman–Crippen MR) is 45.1 cm³/mol. The van der Waals surface area contributed by atoms with Crippen LogP contribution in [0, 0.1) is 0 Å². The first-order valence-electron chi connectivity index (χ1n) is 3.67. The maximum Gasteiger partial charge on any atom is 0.221 e. The Morgan fingerprint density at radius 1 is 1.33 bits per heavy atom. The Balaban J connectivity index is 2.71. The highest BCUT2D eigenvalue weighted by Crippen LogP contribution is 2.08. The van der Waals surface area contributed by atoms with Crippen molar-refractivity contribution < 1.29 is 9.90 Å². The Morgan fingerprint density at radius 2 is 1.92 bits per heavy atom. The average molecular weight is 164 g/mol. The maximum absolute atomic E-state index is 10.6. The first-order chi connectivity index (χ1) is 5.72. The van der Waals surface area contributed by atoms with Crippen LogP contribution in [0.1, 0.15) is 12.5 Å². The summed E-state index contributed by atoms with van der Waals surface area (Å²) in [5.74, 6) is -0.107. The monoisotopic (exact) mass is 164 g/mol. The van der Waals surface area contributed by atoms with E-state index in [0.29, 0.717) is 0 Å². The fraction of sp³-hybridized carbons (Fsp3) is 0.222. The number of nitrogens with one attached hydrogen (secondary N) is 1. The molecule has 1 radical (unpaired) electrons. The zero-order valence-corrected chi connectivity index (χ0v) is 6.83. The van der Waals surface area contributed by atoms with Gasteiger partial charge in [0.15, 0.2) is 0 Å². The van der Waals surface area contributed by atoms with Gasteiger partial charge in [-0.3, -0.25) is 4.79 Å². The van der Waals surface area contributed by atoms with E-state index in [9.17, 15) is 9.90 Å². The van der Waals surface area contributed by atoms with E-state index in [1.54, 1.807) is 24.3 Å². The zero-order chi connectivity index (χ0) is 8.97. The van der Waals surface area contributed by atoms with Crippen LogP contribution in [0.5, 0.6) is 0 Å². The van der Waals surface area contributed by atoms with Gasteiger partial charge in [0.05, 0.1) is 0 Å². The maximum atomic E-state index is 10.6. The zero-order valence-electron chi connectivity index (χ0n) is 6.83. The molecule has 3 heteroatoms. The van der Waals surface area contributed by atoms with Gasteiger partial charge in [-0.2, -0.15) is 0 Å². The van der Waals surface area contributed by atoms with E-state index in [2.05, 4.69) is 5.32 Å². The van der Waals surface area contributed by atoms with Crippen LogP contribution in [0.4, 0.5) is 5.69 Å². The lowest BCUT2D eigenvalue weighted by Gasteiger charge is -2.01. The van der Waals surface area contributed by atoms with Gasteiger partial charge in [-0.25, -0.2) is 5.11 Å². The van der Waals surface area contributed by atoms with Crippen molar-refractivity contribution in [2.24, 2.45) is 0 Å². The molecular weight excluding hydrogens is 154 g/mol. The molecule has 63 valence electrons. The van der Waals surface area contributed by atoms with Crippen LogP contribution < -0.4 is 5.32 Å². The molecule has 0 bridgehead atoms. The second-order valence-electron chi connectivity index (χ2n) is 2.52. The SMILES string of the molecule is CC(=O)Nc1ccc(C[O])cc1. The number of anilines is 1. The number of carbonyl (C=O) groups is 1. The van der Waals surface area contributed by atoms with Crippen LogP contribution in [0.2, 0.25) is 0 Å². The molecule has 1 N–H and O–H groups in total. The van der Waals surface area contributed by atoms with E-state index in [0.717, 1.165) is 11.3 Å². The molecule has 0 aliphatic heterocycles. The molecule has 3 nitrogen and oxygen atoms in total. The molecule has 0 fully saturated rings. The second-order valence-corrected chi connectivity index (χ2v) is 2.52. The quantitative estimate of drug-likeness (QED) is 0.708. The molecule has 0 aromatic heterocycles. The third-order valence-corrected chi connectivity index (χ3v) is 1.44. The molecule has 0 saturated carbocycles. The largest absolute Gasteiger partial charge is 0.326 e. The number of rotatable bonds is 2. The smallest absolute Gasteiger partial charge is 0.221 e. The van der Waals surface area contributed by atoms with Gasteiger partial charge < -0.3 is 5.32 Å². The van der Waals surface area contributed by atoms with Crippen molar-refractivity contribution in [2.75, 3.05) is 5.32 Å². The van der Waals surface area contributed by atoms with Gasteiger partial charge in [-0.15, -0.1) is 0 Å². The predicted octanol–water partition coefficient (Wildman–Crippen LogP) is 1.58. The van der Waals surface area contributed by atoms with Gasteiger partial charge in [-0.1, -0.05) is 12.1 Å². The molecular formula is C9H10NO2. The highest BCUT2D eigenvalue weighted by molar-refractivity contribution is 5.88. The Labute approximate surface area is 71.0 Å². The number of hydrogen-bond acceptors (Lipinski definition) is 1. The van der Waals surface area contributed by atoms with Crippen molar-refractivity contribution in [3.63, 3.8) is 0 Å². The summed E-state index contributed by atoms with van der Waals surface area (Å²) in [6.07, 6.45) is 0. The fourth-order valence-electron chi connectivity index (χ4n) is 0.888. The third kappa shape index (κ3) is 2.36. The Hall–Kier alpha value is -1.35. The van der Waals surface area contributed by atoms with Crippen LogP contribution in [0.25, 0.3) is 0 Å². The summed E-state index contributed by atoms with van der Waals surface area (Å²) in [6, 6.07) is 6.85. The molecule has 0 aliphatic rings. The lowest BCUT2D eigenvalue weighted by atomic mass is 10.2. The summed E-state index contributed by atoms with van der Waals surface area (Å²) in [5, 5.41) is 13.0. The second kappa shape index (κ2) is 3.88. The number of amides is 1. The van der Waals surface area contributed by atoms with Gasteiger partial charge in [0.1, 0.15) is 6.61 Å². The number of hydrogen-bond donors (Lipinski definition) is 1. The fourth-order valence-corrected chi connectivity index (χ4v) is 0.888.